The van der Waals surface area contributed by atoms with Crippen molar-refractivity contribution in [1.29, 1.82) is 0 Å². The number of hydrogen-bond donors (Lipinski definition) is 1. The normalized spacial score (nSPS) is 24.7. The zero-order valence-electron chi connectivity index (χ0n) is 13.4. The van der Waals surface area contributed by atoms with Gasteiger partial charge in [-0.05, 0) is 53.9 Å². The second-order valence-electron chi connectivity index (χ2n) is 6.81. The highest BCUT2D eigenvalue weighted by atomic mass is 19.1. The standard InChI is InChI=1S/C18H21FN2O2/c1-18(2)13-7-6-12(16(18)8-13)10-20-23-11-17(22)21-15-5-3-4-14(19)9-15/h3-6,9-10,13,16H,7-8,11H2,1-2H3,(H,21,22)/t13-,16+/m0/s1. The average Bonchev–Trinajstić information content (AvgIpc) is 2.51. The molecule has 122 valence electrons. The van der Waals surface area contributed by atoms with Gasteiger partial charge in [0.05, 0.1) is 6.21 Å². The maximum Gasteiger partial charge on any atom is 0.265 e. The highest BCUT2D eigenvalue weighted by Gasteiger charge is 2.50. The van der Waals surface area contributed by atoms with E-state index in [1.54, 1.807) is 12.3 Å². The zero-order chi connectivity index (χ0) is 16.4. The quantitative estimate of drug-likeness (QED) is 0.664. The molecule has 1 amide bonds. The van der Waals surface area contributed by atoms with Crippen LogP contribution in [0.5, 0.6) is 0 Å². The lowest BCUT2D eigenvalue weighted by atomic mass is 9.49. The molecule has 0 spiro atoms. The molecule has 1 N–H and O–H groups in total. The van der Waals surface area contributed by atoms with Gasteiger partial charge >= 0.3 is 0 Å². The van der Waals surface area contributed by atoms with Gasteiger partial charge in [-0.25, -0.2) is 4.39 Å². The van der Waals surface area contributed by atoms with E-state index in [-0.39, 0.29) is 12.5 Å². The first-order valence-electron chi connectivity index (χ1n) is 7.87. The number of oxime groups is 1. The average molecular weight is 316 g/mol. The number of carbonyl (C=O) groups is 1. The number of rotatable bonds is 5. The van der Waals surface area contributed by atoms with Crippen LogP contribution >= 0.6 is 0 Å². The van der Waals surface area contributed by atoms with E-state index < -0.39 is 5.82 Å². The van der Waals surface area contributed by atoms with Crippen LogP contribution in [-0.4, -0.2) is 18.7 Å². The van der Waals surface area contributed by atoms with E-state index in [1.165, 1.54) is 30.2 Å². The monoisotopic (exact) mass is 316 g/mol. The summed E-state index contributed by atoms with van der Waals surface area (Å²) in [5.41, 5.74) is 1.94. The van der Waals surface area contributed by atoms with Crippen molar-refractivity contribution in [3.63, 3.8) is 0 Å². The van der Waals surface area contributed by atoms with Crippen LogP contribution in [0.3, 0.4) is 0 Å². The van der Waals surface area contributed by atoms with Crippen molar-refractivity contribution in [3.05, 3.63) is 41.7 Å². The van der Waals surface area contributed by atoms with Gasteiger partial charge in [-0.3, -0.25) is 4.79 Å². The van der Waals surface area contributed by atoms with E-state index in [4.69, 9.17) is 4.84 Å². The first-order chi connectivity index (χ1) is 11.0. The molecule has 1 saturated carbocycles. The van der Waals surface area contributed by atoms with Crippen LogP contribution < -0.4 is 5.32 Å². The molecule has 0 radical (unpaired) electrons. The Kier molecular flexibility index (Phi) is 4.20. The molecule has 0 heterocycles. The van der Waals surface area contributed by atoms with E-state index in [1.807, 2.05) is 0 Å². The largest absolute Gasteiger partial charge is 0.386 e. The fourth-order valence-corrected chi connectivity index (χ4v) is 3.50. The lowest BCUT2D eigenvalue weighted by Gasteiger charge is -2.55. The maximum atomic E-state index is 13.0. The minimum Gasteiger partial charge on any atom is -0.386 e. The summed E-state index contributed by atoms with van der Waals surface area (Å²) in [6.07, 6.45) is 6.23. The van der Waals surface area contributed by atoms with E-state index in [0.29, 0.717) is 17.0 Å². The molecule has 2 atom stereocenters. The van der Waals surface area contributed by atoms with Crippen LogP contribution in [0, 0.1) is 23.1 Å². The molecule has 1 aromatic rings. The Hall–Kier alpha value is -2.17. The lowest BCUT2D eigenvalue weighted by Crippen LogP contribution is -2.48. The van der Waals surface area contributed by atoms with Crippen molar-refractivity contribution in [3.8, 4) is 0 Å². The first kappa shape index (κ1) is 15.7. The fourth-order valence-electron chi connectivity index (χ4n) is 3.50. The van der Waals surface area contributed by atoms with E-state index >= 15 is 0 Å². The molecular weight excluding hydrogens is 295 g/mol. The summed E-state index contributed by atoms with van der Waals surface area (Å²) < 4.78 is 13.0. The molecule has 5 heteroatoms. The number of carbonyl (C=O) groups excluding carboxylic acids is 1. The van der Waals surface area contributed by atoms with E-state index in [0.717, 1.165) is 12.3 Å². The van der Waals surface area contributed by atoms with Crippen molar-refractivity contribution in [1.82, 2.24) is 0 Å². The molecule has 0 aromatic heterocycles. The second kappa shape index (κ2) is 6.14. The molecule has 0 aliphatic heterocycles. The second-order valence-corrected chi connectivity index (χ2v) is 6.81. The summed E-state index contributed by atoms with van der Waals surface area (Å²) in [4.78, 5) is 16.8. The van der Waals surface area contributed by atoms with Gasteiger partial charge in [0, 0.05) is 5.69 Å². The van der Waals surface area contributed by atoms with Crippen LogP contribution in [0.2, 0.25) is 0 Å². The molecule has 0 saturated heterocycles. The molecule has 4 rings (SSSR count). The fraction of sp³-hybridized carbons (Fsp3) is 0.444. The highest BCUT2D eigenvalue weighted by molar-refractivity contribution is 5.91. The highest BCUT2D eigenvalue weighted by Crippen LogP contribution is 2.58. The number of nitrogens with zero attached hydrogens (tertiary/aromatic N) is 1. The minimum atomic E-state index is -0.396. The van der Waals surface area contributed by atoms with Gasteiger partial charge in [0.1, 0.15) is 5.82 Å². The van der Waals surface area contributed by atoms with Crippen LogP contribution in [0.1, 0.15) is 26.7 Å². The van der Waals surface area contributed by atoms with Crippen LogP contribution in [-0.2, 0) is 9.63 Å². The van der Waals surface area contributed by atoms with E-state index in [2.05, 4.69) is 30.4 Å². The molecule has 0 unspecified atom stereocenters. The van der Waals surface area contributed by atoms with Gasteiger partial charge in [0.15, 0.2) is 6.61 Å². The van der Waals surface area contributed by atoms with Crippen LogP contribution in [0.15, 0.2) is 41.1 Å². The third-order valence-electron chi connectivity index (χ3n) is 5.09. The molecule has 2 bridgehead atoms. The number of benzene rings is 1. The Morgan fingerprint density at radius 3 is 3.04 bits per heavy atom. The predicted octanol–water partition coefficient (Wildman–Crippen LogP) is 3.76. The maximum absolute atomic E-state index is 13.0. The number of fused-ring (bicyclic) bond motifs is 1. The SMILES string of the molecule is CC1(C)[C@H]2CC=C(C=NOCC(=O)Nc3cccc(F)c3)[C@H]1C2. The molecule has 4 nitrogen and oxygen atoms in total. The Morgan fingerprint density at radius 1 is 1.52 bits per heavy atom. The van der Waals surface area contributed by atoms with Crippen molar-refractivity contribution < 1.29 is 14.0 Å². The Morgan fingerprint density at radius 2 is 2.35 bits per heavy atom. The Bertz CT molecular complexity index is 667. The third-order valence-corrected chi connectivity index (χ3v) is 5.09. The number of halogens is 1. The predicted molar refractivity (Wildman–Crippen MR) is 87.6 cm³/mol. The number of allylic oxidation sites excluding steroid dienone is 2. The topological polar surface area (TPSA) is 50.7 Å². The van der Waals surface area contributed by atoms with Crippen molar-refractivity contribution in [2.75, 3.05) is 11.9 Å². The summed E-state index contributed by atoms with van der Waals surface area (Å²) in [5.74, 6) is 0.555. The summed E-state index contributed by atoms with van der Waals surface area (Å²) in [5, 5.41) is 6.47. The molecule has 3 aliphatic carbocycles. The summed E-state index contributed by atoms with van der Waals surface area (Å²) in [6, 6.07) is 5.73. The van der Waals surface area contributed by atoms with Gasteiger partial charge < -0.3 is 10.2 Å². The number of anilines is 1. The van der Waals surface area contributed by atoms with E-state index in [9.17, 15) is 9.18 Å². The molecular formula is C18H21FN2O2. The minimum absolute atomic E-state index is 0.197. The van der Waals surface area contributed by atoms with Crippen molar-refractivity contribution >= 4 is 17.8 Å². The number of amides is 1. The smallest absolute Gasteiger partial charge is 0.265 e. The van der Waals surface area contributed by atoms with Gasteiger partial charge in [0.2, 0.25) is 0 Å². The third kappa shape index (κ3) is 3.28. The summed E-state index contributed by atoms with van der Waals surface area (Å²) in [7, 11) is 0. The molecule has 23 heavy (non-hydrogen) atoms. The number of nitrogens with one attached hydrogen (secondary N) is 1. The molecule has 1 aromatic carbocycles. The first-order valence-corrected chi connectivity index (χ1v) is 7.87. The Labute approximate surface area is 135 Å². The summed E-state index contributed by atoms with van der Waals surface area (Å²) >= 11 is 0. The van der Waals surface area contributed by atoms with Crippen LogP contribution in [0.4, 0.5) is 10.1 Å². The molecule has 3 aliphatic rings. The lowest BCUT2D eigenvalue weighted by molar-refractivity contribution is -0.120. The van der Waals surface area contributed by atoms with Gasteiger partial charge in [-0.1, -0.05) is 31.1 Å². The van der Waals surface area contributed by atoms with Crippen LogP contribution in [0.25, 0.3) is 0 Å². The van der Waals surface area contributed by atoms with Gasteiger partial charge in [-0.15, -0.1) is 0 Å². The molecule has 1 fully saturated rings. The van der Waals surface area contributed by atoms with Gasteiger partial charge in [-0.2, -0.15) is 0 Å². The van der Waals surface area contributed by atoms with Crippen molar-refractivity contribution in [2.45, 2.75) is 26.7 Å². The van der Waals surface area contributed by atoms with Gasteiger partial charge in [0.25, 0.3) is 5.91 Å². The number of hydrogen-bond acceptors (Lipinski definition) is 3. The zero-order valence-corrected chi connectivity index (χ0v) is 13.4. The Balaban J connectivity index is 1.46. The van der Waals surface area contributed by atoms with Crippen molar-refractivity contribution in [2.24, 2.45) is 22.4 Å². The summed E-state index contributed by atoms with van der Waals surface area (Å²) in [6.45, 7) is 4.39.